The fourth-order valence-electron chi connectivity index (χ4n) is 3.23. The predicted molar refractivity (Wildman–Crippen MR) is 92.6 cm³/mol. The lowest BCUT2D eigenvalue weighted by Crippen LogP contribution is -2.51. The van der Waals surface area contributed by atoms with Crippen molar-refractivity contribution in [3.05, 3.63) is 34.3 Å². The van der Waals surface area contributed by atoms with E-state index in [4.69, 9.17) is 0 Å². The molecule has 1 saturated carbocycles. The van der Waals surface area contributed by atoms with Gasteiger partial charge in [-0.1, -0.05) is 28.1 Å². The van der Waals surface area contributed by atoms with E-state index in [0.717, 1.165) is 35.7 Å². The Kier molecular flexibility index (Phi) is 4.55. The van der Waals surface area contributed by atoms with Crippen LogP contribution in [-0.2, 0) is 20.2 Å². The van der Waals surface area contributed by atoms with Crippen LogP contribution >= 0.6 is 15.9 Å². The number of benzene rings is 1. The van der Waals surface area contributed by atoms with E-state index in [0.29, 0.717) is 13.1 Å². The number of carbonyl (C=O) groups is 1. The van der Waals surface area contributed by atoms with Crippen LogP contribution < -0.4 is 5.32 Å². The van der Waals surface area contributed by atoms with Crippen LogP contribution in [0.1, 0.15) is 31.2 Å². The number of sulfonamides is 1. The fraction of sp³-hybridized carbons (Fsp3) is 0.562. The average Bonchev–Trinajstić information content (AvgIpc) is 3.29. The summed E-state index contributed by atoms with van der Waals surface area (Å²) in [5.74, 6) is 0.0279. The van der Waals surface area contributed by atoms with E-state index < -0.39 is 15.4 Å². The number of hydrogen-bond acceptors (Lipinski definition) is 3. The first-order valence-corrected chi connectivity index (χ1v) is 10.5. The van der Waals surface area contributed by atoms with Crippen molar-refractivity contribution in [1.82, 2.24) is 9.62 Å². The standard InChI is InChI=1S/C16H21BrN2O3S/c1-23(21,22)19-10-2-3-14(11-19)18-15(20)16(8-9-16)12-4-6-13(17)7-5-12/h4-7,14H,2-3,8-11H2,1H3,(H,18,20). The maximum atomic E-state index is 12.7. The summed E-state index contributed by atoms with van der Waals surface area (Å²) in [6.45, 7) is 0.921. The molecule has 0 bridgehead atoms. The lowest BCUT2D eigenvalue weighted by atomic mass is 9.94. The normalized spacial score (nSPS) is 24.2. The van der Waals surface area contributed by atoms with Gasteiger partial charge in [0.2, 0.25) is 15.9 Å². The Morgan fingerprint density at radius 2 is 1.96 bits per heavy atom. The lowest BCUT2D eigenvalue weighted by molar-refractivity contribution is -0.124. The molecule has 1 aromatic rings. The first-order valence-electron chi connectivity index (χ1n) is 7.83. The zero-order valence-electron chi connectivity index (χ0n) is 13.1. The summed E-state index contributed by atoms with van der Waals surface area (Å²) >= 11 is 3.41. The van der Waals surface area contributed by atoms with Crippen LogP contribution in [0.15, 0.2) is 28.7 Å². The minimum absolute atomic E-state index is 0.0279. The van der Waals surface area contributed by atoms with Crippen molar-refractivity contribution in [3.63, 3.8) is 0 Å². The van der Waals surface area contributed by atoms with E-state index in [9.17, 15) is 13.2 Å². The van der Waals surface area contributed by atoms with Crippen LogP contribution in [0.3, 0.4) is 0 Å². The van der Waals surface area contributed by atoms with Crippen molar-refractivity contribution in [3.8, 4) is 0 Å². The highest BCUT2D eigenvalue weighted by Crippen LogP contribution is 2.48. The van der Waals surface area contributed by atoms with Crippen LogP contribution in [0, 0.1) is 0 Å². The van der Waals surface area contributed by atoms with Crippen molar-refractivity contribution in [1.29, 1.82) is 0 Å². The smallest absolute Gasteiger partial charge is 0.230 e. The lowest BCUT2D eigenvalue weighted by Gasteiger charge is -2.32. The molecule has 2 fully saturated rings. The van der Waals surface area contributed by atoms with E-state index >= 15 is 0 Å². The minimum atomic E-state index is -3.19. The number of nitrogens with zero attached hydrogens (tertiary/aromatic N) is 1. The Bertz CT molecular complexity index is 699. The molecule has 1 amide bonds. The van der Waals surface area contributed by atoms with E-state index in [1.165, 1.54) is 10.6 Å². The molecule has 0 spiro atoms. The van der Waals surface area contributed by atoms with Gasteiger partial charge in [-0.15, -0.1) is 0 Å². The second kappa shape index (κ2) is 6.18. The molecule has 23 heavy (non-hydrogen) atoms. The van der Waals surface area contributed by atoms with E-state index in [1.54, 1.807) is 0 Å². The summed E-state index contributed by atoms with van der Waals surface area (Å²) in [5.41, 5.74) is 0.614. The van der Waals surface area contributed by atoms with Gasteiger partial charge in [-0.2, -0.15) is 0 Å². The molecule has 7 heteroatoms. The summed E-state index contributed by atoms with van der Waals surface area (Å²) in [6, 6.07) is 7.78. The number of amides is 1. The van der Waals surface area contributed by atoms with Gasteiger partial charge in [0.15, 0.2) is 0 Å². The number of rotatable bonds is 4. The van der Waals surface area contributed by atoms with Crippen LogP contribution in [0.5, 0.6) is 0 Å². The summed E-state index contributed by atoms with van der Waals surface area (Å²) in [7, 11) is -3.19. The molecular formula is C16H21BrN2O3S. The van der Waals surface area contributed by atoms with Crippen LogP contribution in [-0.4, -0.2) is 44.0 Å². The molecule has 1 atom stereocenters. The molecule has 3 rings (SSSR count). The van der Waals surface area contributed by atoms with Gasteiger partial charge in [0.1, 0.15) is 0 Å². The van der Waals surface area contributed by atoms with Gasteiger partial charge in [0.05, 0.1) is 11.7 Å². The SMILES string of the molecule is CS(=O)(=O)N1CCCC(NC(=O)C2(c3ccc(Br)cc3)CC2)C1. The van der Waals surface area contributed by atoms with Crippen LogP contribution in [0.2, 0.25) is 0 Å². The molecule has 1 aromatic carbocycles. The van der Waals surface area contributed by atoms with Gasteiger partial charge in [0.25, 0.3) is 0 Å². The number of carbonyl (C=O) groups excluding carboxylic acids is 1. The summed E-state index contributed by atoms with van der Waals surface area (Å²) in [6.07, 6.45) is 4.53. The molecule has 126 valence electrons. The van der Waals surface area contributed by atoms with Gasteiger partial charge in [0, 0.05) is 23.6 Å². The minimum Gasteiger partial charge on any atom is -0.351 e. The molecule has 1 aliphatic heterocycles. The molecule has 1 saturated heterocycles. The molecule has 5 nitrogen and oxygen atoms in total. The predicted octanol–water partition coefficient (Wildman–Crippen LogP) is 2.02. The Morgan fingerprint density at radius 1 is 1.30 bits per heavy atom. The maximum Gasteiger partial charge on any atom is 0.230 e. The molecule has 0 aromatic heterocycles. The molecule has 2 aliphatic rings. The number of hydrogen-bond donors (Lipinski definition) is 1. The fourth-order valence-corrected chi connectivity index (χ4v) is 4.40. The first-order chi connectivity index (χ1) is 10.8. The van der Waals surface area contributed by atoms with Crippen molar-refractivity contribution in [2.24, 2.45) is 0 Å². The number of halogens is 1. The topological polar surface area (TPSA) is 66.5 Å². The number of piperidine rings is 1. The third kappa shape index (κ3) is 3.61. The molecule has 1 N–H and O–H groups in total. The Hall–Kier alpha value is -0.920. The van der Waals surface area contributed by atoms with E-state index in [-0.39, 0.29) is 11.9 Å². The number of nitrogens with one attached hydrogen (secondary N) is 1. The third-order valence-electron chi connectivity index (χ3n) is 4.77. The average molecular weight is 401 g/mol. The summed E-state index contributed by atoms with van der Waals surface area (Å²) in [4.78, 5) is 12.7. The monoisotopic (exact) mass is 400 g/mol. The Labute approximate surface area is 145 Å². The maximum absolute atomic E-state index is 12.7. The Morgan fingerprint density at radius 3 is 2.52 bits per heavy atom. The van der Waals surface area contributed by atoms with Crippen molar-refractivity contribution < 1.29 is 13.2 Å². The van der Waals surface area contributed by atoms with Gasteiger partial charge in [-0.3, -0.25) is 4.79 Å². The largest absolute Gasteiger partial charge is 0.351 e. The van der Waals surface area contributed by atoms with Gasteiger partial charge in [-0.25, -0.2) is 12.7 Å². The van der Waals surface area contributed by atoms with Gasteiger partial charge < -0.3 is 5.32 Å². The quantitative estimate of drug-likeness (QED) is 0.840. The summed E-state index contributed by atoms with van der Waals surface area (Å²) in [5, 5.41) is 3.08. The van der Waals surface area contributed by atoms with Crippen molar-refractivity contribution in [2.75, 3.05) is 19.3 Å². The molecule has 1 unspecified atom stereocenters. The zero-order chi connectivity index (χ0) is 16.7. The first kappa shape index (κ1) is 16.9. The molecule has 1 heterocycles. The second-order valence-corrected chi connectivity index (χ2v) is 9.42. The van der Waals surface area contributed by atoms with Crippen molar-refractivity contribution in [2.45, 2.75) is 37.1 Å². The third-order valence-corrected chi connectivity index (χ3v) is 6.57. The van der Waals surface area contributed by atoms with E-state index in [2.05, 4.69) is 21.2 Å². The highest BCUT2D eigenvalue weighted by atomic mass is 79.9. The molecule has 1 aliphatic carbocycles. The van der Waals surface area contributed by atoms with Crippen LogP contribution in [0.4, 0.5) is 0 Å². The van der Waals surface area contributed by atoms with Crippen LogP contribution in [0.25, 0.3) is 0 Å². The second-order valence-electron chi connectivity index (χ2n) is 6.52. The molecular weight excluding hydrogens is 380 g/mol. The van der Waals surface area contributed by atoms with Gasteiger partial charge in [-0.05, 0) is 43.4 Å². The van der Waals surface area contributed by atoms with E-state index in [1.807, 2.05) is 24.3 Å². The zero-order valence-corrected chi connectivity index (χ0v) is 15.5. The highest BCUT2D eigenvalue weighted by molar-refractivity contribution is 9.10. The van der Waals surface area contributed by atoms with Crippen molar-refractivity contribution >= 4 is 31.9 Å². The van der Waals surface area contributed by atoms with Gasteiger partial charge >= 0.3 is 0 Å². The Balaban J connectivity index is 1.68. The molecule has 0 radical (unpaired) electrons. The highest BCUT2D eigenvalue weighted by Gasteiger charge is 2.51. The summed E-state index contributed by atoms with van der Waals surface area (Å²) < 4.78 is 25.8.